The molecule has 5 heteroatoms. The highest BCUT2D eigenvalue weighted by molar-refractivity contribution is 6.17. The van der Waals surface area contributed by atoms with E-state index in [-0.39, 0.29) is 6.07 Å². The van der Waals surface area contributed by atoms with Crippen molar-refractivity contribution in [2.24, 2.45) is 0 Å². The molecule has 1 nitrogen and oxygen atoms in total. The van der Waals surface area contributed by atoms with Gasteiger partial charge in [0.1, 0.15) is 6.07 Å². The third-order valence-electron chi connectivity index (χ3n) is 1.87. The van der Waals surface area contributed by atoms with Gasteiger partial charge in [0.2, 0.25) is 0 Å². The fraction of sp³-hybridized carbons (Fsp3) is 0.400. The average molecular weight is 239 g/mol. The van der Waals surface area contributed by atoms with Crippen LogP contribution >= 0.6 is 11.6 Å². The fourth-order valence-electron chi connectivity index (χ4n) is 1.15. The van der Waals surface area contributed by atoms with E-state index < -0.39 is 11.7 Å². The largest absolute Gasteiger partial charge is 0.416 e. The molecule has 0 unspecified atom stereocenters. The van der Waals surface area contributed by atoms with E-state index in [0.717, 1.165) is 12.1 Å². The van der Waals surface area contributed by atoms with Crippen LogP contribution in [0.1, 0.15) is 11.1 Å². The van der Waals surface area contributed by atoms with Crippen molar-refractivity contribution in [3.8, 4) is 0 Å². The van der Waals surface area contributed by atoms with Crippen molar-refractivity contribution in [3.63, 3.8) is 0 Å². The van der Waals surface area contributed by atoms with Crippen LogP contribution in [-0.4, -0.2) is 12.7 Å². The molecule has 1 aromatic carbocycles. The molecule has 0 radical (unpaired) electrons. The van der Waals surface area contributed by atoms with Gasteiger partial charge in [0.25, 0.3) is 0 Å². The molecule has 0 saturated heterocycles. The van der Waals surface area contributed by atoms with Crippen molar-refractivity contribution < 1.29 is 17.9 Å². The second-order valence-electron chi connectivity index (χ2n) is 2.97. The van der Waals surface area contributed by atoms with E-state index in [1.54, 1.807) is 6.07 Å². The van der Waals surface area contributed by atoms with Crippen molar-refractivity contribution in [2.45, 2.75) is 12.6 Å². The first-order valence-corrected chi connectivity index (χ1v) is 4.87. The highest BCUT2D eigenvalue weighted by atomic mass is 35.5. The Kier molecular flexibility index (Phi) is 4.42. The van der Waals surface area contributed by atoms with Crippen molar-refractivity contribution in [3.05, 3.63) is 35.4 Å². The molecule has 0 atom stereocenters. The Morgan fingerprint density at radius 3 is 2.60 bits per heavy atom. The summed E-state index contributed by atoms with van der Waals surface area (Å²) in [7, 11) is 0. The number of alkyl halides is 4. The van der Waals surface area contributed by atoms with Crippen LogP contribution in [0, 0.1) is 0 Å². The van der Waals surface area contributed by atoms with Crippen LogP contribution in [0.15, 0.2) is 24.3 Å². The number of hydrogen-bond acceptors (Lipinski definition) is 1. The van der Waals surface area contributed by atoms with E-state index in [1.807, 2.05) is 0 Å². The lowest BCUT2D eigenvalue weighted by atomic mass is 10.1. The molecule has 0 fully saturated rings. The molecule has 0 aliphatic rings. The minimum absolute atomic E-state index is 0.0545. The van der Waals surface area contributed by atoms with Crippen LogP contribution in [0.4, 0.5) is 13.2 Å². The minimum atomic E-state index is -4.29. The van der Waals surface area contributed by atoms with Gasteiger partial charge in [-0.3, -0.25) is 0 Å². The van der Waals surface area contributed by atoms with E-state index in [9.17, 15) is 13.2 Å². The van der Waals surface area contributed by atoms with Gasteiger partial charge in [-0.1, -0.05) is 29.8 Å². The van der Waals surface area contributed by atoms with Gasteiger partial charge < -0.3 is 4.74 Å². The molecule has 1 aromatic rings. The molecule has 15 heavy (non-hydrogen) atoms. The number of rotatable bonds is 4. The lowest BCUT2D eigenvalue weighted by molar-refractivity contribution is -0.137. The Hall–Kier alpha value is -0.740. The first-order valence-electron chi connectivity index (χ1n) is 4.34. The number of ether oxygens (including phenoxy) is 1. The summed E-state index contributed by atoms with van der Waals surface area (Å²) in [6.45, 7) is 0.324. The Morgan fingerprint density at radius 2 is 2.00 bits per heavy atom. The predicted octanol–water partition coefficient (Wildman–Crippen LogP) is 3.46. The maximum Gasteiger partial charge on any atom is 0.416 e. The molecule has 0 saturated carbocycles. The van der Waals surface area contributed by atoms with E-state index in [1.165, 1.54) is 6.07 Å². The van der Waals surface area contributed by atoms with Crippen LogP contribution in [0.3, 0.4) is 0 Å². The van der Waals surface area contributed by atoms with E-state index in [0.29, 0.717) is 18.6 Å². The molecule has 0 aliphatic heterocycles. The summed E-state index contributed by atoms with van der Waals surface area (Å²) in [4.78, 5) is 0. The smallest absolute Gasteiger partial charge is 0.365 e. The van der Waals surface area contributed by atoms with Gasteiger partial charge in [0.05, 0.1) is 12.2 Å². The molecule has 0 aromatic heterocycles. The van der Waals surface area contributed by atoms with Crippen LogP contribution < -0.4 is 0 Å². The first kappa shape index (κ1) is 12.3. The highest BCUT2D eigenvalue weighted by Gasteiger charge is 2.30. The number of halogens is 4. The Morgan fingerprint density at radius 1 is 1.27 bits per heavy atom. The topological polar surface area (TPSA) is 9.23 Å². The van der Waals surface area contributed by atoms with Crippen molar-refractivity contribution in [1.82, 2.24) is 0 Å². The van der Waals surface area contributed by atoms with Crippen LogP contribution in [0.25, 0.3) is 0 Å². The van der Waals surface area contributed by atoms with Crippen molar-refractivity contribution in [1.29, 1.82) is 0 Å². The molecular weight excluding hydrogens is 229 g/mol. The fourth-order valence-corrected chi connectivity index (χ4v) is 1.26. The normalized spacial score (nSPS) is 11.7. The molecule has 0 aliphatic carbocycles. The van der Waals surface area contributed by atoms with Gasteiger partial charge in [0, 0.05) is 0 Å². The third-order valence-corrected chi connectivity index (χ3v) is 2.02. The zero-order valence-electron chi connectivity index (χ0n) is 7.85. The second-order valence-corrected chi connectivity index (χ2v) is 3.18. The average Bonchev–Trinajstić information content (AvgIpc) is 2.17. The van der Waals surface area contributed by atoms with E-state index in [2.05, 4.69) is 0 Å². The zero-order valence-corrected chi connectivity index (χ0v) is 8.61. The molecule has 0 N–H and O–H groups in total. The summed E-state index contributed by atoms with van der Waals surface area (Å²) in [5.74, 6) is 0. The van der Waals surface area contributed by atoms with Crippen LogP contribution in [0.5, 0.6) is 0 Å². The lowest BCUT2D eigenvalue weighted by Crippen LogP contribution is -2.06. The molecule has 0 spiro atoms. The van der Waals surface area contributed by atoms with Crippen molar-refractivity contribution >= 4 is 11.6 Å². The first-order chi connectivity index (χ1) is 7.04. The van der Waals surface area contributed by atoms with Gasteiger partial charge >= 0.3 is 6.18 Å². The summed E-state index contributed by atoms with van der Waals surface area (Å²) >= 11 is 5.27. The monoisotopic (exact) mass is 238 g/mol. The Labute approximate surface area is 90.8 Å². The quantitative estimate of drug-likeness (QED) is 0.577. The number of hydrogen-bond donors (Lipinski definition) is 0. The summed E-state index contributed by atoms with van der Waals surface area (Å²) in [6, 6.07) is 5.24. The van der Waals surface area contributed by atoms with Gasteiger partial charge in [-0.15, -0.1) is 0 Å². The third kappa shape index (κ3) is 4.10. The molecule has 84 valence electrons. The zero-order chi connectivity index (χ0) is 11.3. The van der Waals surface area contributed by atoms with Crippen LogP contribution in [-0.2, 0) is 17.3 Å². The second kappa shape index (κ2) is 5.37. The SMILES string of the molecule is FC(F)(F)c1cccc(CCOCCl)c1. The Balaban J connectivity index is 2.66. The van der Waals surface area contributed by atoms with E-state index in [4.69, 9.17) is 16.3 Å². The summed E-state index contributed by atoms with van der Waals surface area (Å²) in [6.07, 6.45) is -3.86. The minimum Gasteiger partial charge on any atom is -0.365 e. The predicted molar refractivity (Wildman–Crippen MR) is 51.8 cm³/mol. The maximum atomic E-state index is 12.3. The van der Waals surface area contributed by atoms with Gasteiger partial charge in [-0.05, 0) is 18.1 Å². The lowest BCUT2D eigenvalue weighted by Gasteiger charge is -2.08. The molecule has 1 rings (SSSR count). The molecule has 0 heterocycles. The van der Waals surface area contributed by atoms with Gasteiger partial charge in [-0.2, -0.15) is 13.2 Å². The highest BCUT2D eigenvalue weighted by Crippen LogP contribution is 2.29. The standard InChI is InChI=1S/C10H10ClF3O/c11-7-15-5-4-8-2-1-3-9(6-8)10(12,13)14/h1-3,6H,4-5,7H2. The summed E-state index contributed by atoms with van der Waals surface area (Å²) in [5, 5.41) is 0. The Bertz CT molecular complexity index is 312. The summed E-state index contributed by atoms with van der Waals surface area (Å²) < 4.78 is 41.8. The molecule has 0 amide bonds. The van der Waals surface area contributed by atoms with Crippen molar-refractivity contribution in [2.75, 3.05) is 12.7 Å². The van der Waals surface area contributed by atoms with Gasteiger partial charge in [0.15, 0.2) is 0 Å². The van der Waals surface area contributed by atoms with Crippen LogP contribution in [0.2, 0.25) is 0 Å². The number of benzene rings is 1. The molecule has 0 bridgehead atoms. The van der Waals surface area contributed by atoms with Gasteiger partial charge in [-0.25, -0.2) is 0 Å². The van der Waals surface area contributed by atoms with E-state index >= 15 is 0 Å². The molecular formula is C10H10ClF3O. The maximum absolute atomic E-state index is 12.3. The summed E-state index contributed by atoms with van der Waals surface area (Å²) in [5.41, 5.74) is -0.0409.